The standard InChI is InChI=1S/C18H18Cl4N2O4S/c1-28-17-6-5-11(8-15(17)22)24(29(2,26)27)7-3-4-18(25)23-16-10-13(20)12(19)9-14(16)21/h5-6,8-10H,3-4,7H2,1-2H3,(H,23,25). The van der Waals surface area contributed by atoms with Gasteiger partial charge in [0.05, 0.1) is 44.8 Å². The highest BCUT2D eigenvalue weighted by Crippen LogP contribution is 2.33. The molecule has 0 radical (unpaired) electrons. The lowest BCUT2D eigenvalue weighted by Gasteiger charge is -2.23. The number of carbonyl (C=O) groups is 1. The van der Waals surface area contributed by atoms with Crippen molar-refractivity contribution in [3.05, 3.63) is 50.4 Å². The third-order valence-electron chi connectivity index (χ3n) is 3.87. The molecule has 0 bridgehead atoms. The van der Waals surface area contributed by atoms with Gasteiger partial charge in [-0.2, -0.15) is 0 Å². The molecule has 0 fully saturated rings. The molecule has 6 nitrogen and oxygen atoms in total. The minimum absolute atomic E-state index is 0.0620. The van der Waals surface area contributed by atoms with E-state index in [1.807, 2.05) is 0 Å². The molecule has 1 N–H and O–H groups in total. The molecule has 0 aliphatic carbocycles. The van der Waals surface area contributed by atoms with Crippen LogP contribution in [0, 0.1) is 0 Å². The second kappa shape index (κ2) is 10.1. The lowest BCUT2D eigenvalue weighted by molar-refractivity contribution is -0.116. The summed E-state index contributed by atoms with van der Waals surface area (Å²) in [5, 5.41) is 3.70. The predicted octanol–water partition coefficient (Wildman–Crippen LogP) is 5.49. The maximum Gasteiger partial charge on any atom is 0.232 e. The highest BCUT2D eigenvalue weighted by molar-refractivity contribution is 7.92. The number of hydrogen-bond donors (Lipinski definition) is 1. The summed E-state index contributed by atoms with van der Waals surface area (Å²) in [6.45, 7) is 0.0873. The summed E-state index contributed by atoms with van der Waals surface area (Å²) in [5.41, 5.74) is 0.708. The van der Waals surface area contributed by atoms with E-state index < -0.39 is 10.0 Å². The van der Waals surface area contributed by atoms with Crippen molar-refractivity contribution < 1.29 is 17.9 Å². The van der Waals surface area contributed by atoms with Crippen molar-refractivity contribution in [2.24, 2.45) is 0 Å². The van der Waals surface area contributed by atoms with Crippen LogP contribution in [0.4, 0.5) is 11.4 Å². The topological polar surface area (TPSA) is 75.7 Å². The van der Waals surface area contributed by atoms with Crippen molar-refractivity contribution in [1.82, 2.24) is 0 Å². The number of carbonyl (C=O) groups excluding carboxylic acids is 1. The molecule has 29 heavy (non-hydrogen) atoms. The summed E-state index contributed by atoms with van der Waals surface area (Å²) in [6, 6.07) is 7.54. The second-order valence-corrected chi connectivity index (χ2v) is 9.59. The minimum atomic E-state index is -3.58. The molecule has 0 unspecified atom stereocenters. The number of benzene rings is 2. The van der Waals surface area contributed by atoms with E-state index in [1.54, 1.807) is 12.1 Å². The zero-order valence-electron chi connectivity index (χ0n) is 15.5. The smallest absolute Gasteiger partial charge is 0.232 e. The molecular formula is C18H18Cl4N2O4S. The van der Waals surface area contributed by atoms with Crippen LogP contribution in [0.5, 0.6) is 5.75 Å². The maximum absolute atomic E-state index is 12.2. The number of amides is 1. The molecule has 2 aromatic rings. The van der Waals surface area contributed by atoms with Crippen LogP contribution in [0.2, 0.25) is 20.1 Å². The van der Waals surface area contributed by atoms with Crippen molar-refractivity contribution in [3.63, 3.8) is 0 Å². The van der Waals surface area contributed by atoms with E-state index in [1.165, 1.54) is 29.6 Å². The molecule has 0 heterocycles. The molecular weight excluding hydrogens is 482 g/mol. The summed E-state index contributed by atoms with van der Waals surface area (Å²) in [7, 11) is -2.11. The van der Waals surface area contributed by atoms with E-state index in [0.29, 0.717) is 17.1 Å². The molecule has 0 saturated heterocycles. The number of ether oxygens (including phenoxy) is 1. The SMILES string of the molecule is COc1ccc(N(CCCC(=O)Nc2cc(Cl)c(Cl)cc2Cl)S(C)(=O)=O)cc1Cl. The number of rotatable bonds is 8. The number of hydrogen-bond acceptors (Lipinski definition) is 4. The predicted molar refractivity (Wildman–Crippen MR) is 120 cm³/mol. The first-order valence-corrected chi connectivity index (χ1v) is 11.6. The molecule has 11 heteroatoms. The summed E-state index contributed by atoms with van der Waals surface area (Å²) in [6.07, 6.45) is 1.41. The Hall–Kier alpha value is -1.38. The van der Waals surface area contributed by atoms with Gasteiger partial charge in [-0.3, -0.25) is 9.10 Å². The van der Waals surface area contributed by atoms with E-state index in [2.05, 4.69) is 5.32 Å². The van der Waals surface area contributed by atoms with Crippen LogP contribution < -0.4 is 14.4 Å². The van der Waals surface area contributed by atoms with Gasteiger partial charge in [0.1, 0.15) is 5.75 Å². The third-order valence-corrected chi connectivity index (χ3v) is 6.40. The quantitative estimate of drug-likeness (QED) is 0.487. The van der Waals surface area contributed by atoms with Crippen molar-refractivity contribution >= 4 is 73.7 Å². The Morgan fingerprint density at radius 3 is 2.28 bits per heavy atom. The van der Waals surface area contributed by atoms with Crippen molar-refractivity contribution in [3.8, 4) is 5.75 Å². The van der Waals surface area contributed by atoms with Crippen LogP contribution in [0.3, 0.4) is 0 Å². The van der Waals surface area contributed by atoms with Crippen LogP contribution in [-0.2, 0) is 14.8 Å². The Morgan fingerprint density at radius 2 is 1.69 bits per heavy atom. The number of nitrogens with one attached hydrogen (secondary N) is 1. The van der Waals surface area contributed by atoms with Crippen molar-refractivity contribution in [2.45, 2.75) is 12.8 Å². The van der Waals surface area contributed by atoms with E-state index in [-0.39, 0.29) is 45.4 Å². The zero-order valence-corrected chi connectivity index (χ0v) is 19.3. The number of anilines is 2. The van der Waals surface area contributed by atoms with Gasteiger partial charge < -0.3 is 10.1 Å². The van der Waals surface area contributed by atoms with E-state index in [9.17, 15) is 13.2 Å². The van der Waals surface area contributed by atoms with Crippen LogP contribution in [0.15, 0.2) is 30.3 Å². The van der Waals surface area contributed by atoms with Gasteiger partial charge in [0, 0.05) is 13.0 Å². The normalized spacial score (nSPS) is 11.2. The molecule has 2 aromatic carbocycles. The van der Waals surface area contributed by atoms with Gasteiger partial charge in [0.15, 0.2) is 0 Å². The first kappa shape index (κ1) is 23.9. The highest BCUT2D eigenvalue weighted by atomic mass is 35.5. The highest BCUT2D eigenvalue weighted by Gasteiger charge is 2.19. The first-order valence-electron chi connectivity index (χ1n) is 8.28. The number of halogens is 4. The Bertz CT molecular complexity index is 1020. The molecule has 158 valence electrons. The lowest BCUT2D eigenvalue weighted by atomic mass is 10.2. The number of methoxy groups -OCH3 is 1. The summed E-state index contributed by atoms with van der Waals surface area (Å²) >= 11 is 23.9. The van der Waals surface area contributed by atoms with Crippen LogP contribution in [0.1, 0.15) is 12.8 Å². The van der Waals surface area contributed by atoms with Crippen LogP contribution in [-0.4, -0.2) is 34.2 Å². The minimum Gasteiger partial charge on any atom is -0.495 e. The van der Waals surface area contributed by atoms with E-state index >= 15 is 0 Å². The lowest BCUT2D eigenvalue weighted by Crippen LogP contribution is -2.31. The third kappa shape index (κ3) is 6.55. The molecule has 0 aliphatic heterocycles. The van der Waals surface area contributed by atoms with E-state index in [0.717, 1.165) is 6.26 Å². The Morgan fingerprint density at radius 1 is 1.03 bits per heavy atom. The molecule has 1 amide bonds. The molecule has 2 rings (SSSR count). The Kier molecular flexibility index (Phi) is 8.31. The fraction of sp³-hybridized carbons (Fsp3) is 0.278. The van der Waals surface area contributed by atoms with Crippen molar-refractivity contribution in [1.29, 1.82) is 0 Å². The van der Waals surface area contributed by atoms with Gasteiger partial charge in [0.2, 0.25) is 15.9 Å². The van der Waals surface area contributed by atoms with Gasteiger partial charge in [-0.05, 0) is 36.8 Å². The van der Waals surface area contributed by atoms with Crippen LogP contribution in [0.25, 0.3) is 0 Å². The number of sulfonamides is 1. The average Bonchev–Trinajstić information content (AvgIpc) is 2.62. The zero-order chi connectivity index (χ0) is 21.8. The average molecular weight is 500 g/mol. The van der Waals surface area contributed by atoms with Gasteiger partial charge in [-0.15, -0.1) is 0 Å². The molecule has 0 atom stereocenters. The monoisotopic (exact) mass is 498 g/mol. The fourth-order valence-electron chi connectivity index (χ4n) is 2.51. The summed E-state index contributed by atoms with van der Waals surface area (Å²) < 4.78 is 30.6. The molecule has 0 aromatic heterocycles. The molecule has 0 spiro atoms. The Balaban J connectivity index is 2.04. The first-order chi connectivity index (χ1) is 13.5. The van der Waals surface area contributed by atoms with Crippen molar-refractivity contribution in [2.75, 3.05) is 29.5 Å². The van der Waals surface area contributed by atoms with Gasteiger partial charge in [0.25, 0.3) is 0 Å². The van der Waals surface area contributed by atoms with Crippen LogP contribution >= 0.6 is 46.4 Å². The molecule has 0 aliphatic rings. The van der Waals surface area contributed by atoms with Gasteiger partial charge >= 0.3 is 0 Å². The Labute approximate surface area is 189 Å². The van der Waals surface area contributed by atoms with E-state index in [4.69, 9.17) is 51.1 Å². The summed E-state index contributed by atoms with van der Waals surface area (Å²) in [4.78, 5) is 12.2. The summed E-state index contributed by atoms with van der Waals surface area (Å²) in [5.74, 6) is 0.0910. The second-order valence-electron chi connectivity index (χ2n) is 6.05. The maximum atomic E-state index is 12.2. The fourth-order valence-corrected chi connectivity index (χ4v) is 4.31. The van der Waals surface area contributed by atoms with Gasteiger partial charge in [-0.25, -0.2) is 8.42 Å². The van der Waals surface area contributed by atoms with Gasteiger partial charge in [-0.1, -0.05) is 46.4 Å². The number of nitrogens with zero attached hydrogens (tertiary/aromatic N) is 1. The largest absolute Gasteiger partial charge is 0.495 e. The molecule has 0 saturated carbocycles.